The number of amides is 2. The molecule has 0 aromatic heterocycles. The Balaban J connectivity index is 2.14. The molecule has 0 radical (unpaired) electrons. The zero-order valence-electron chi connectivity index (χ0n) is 11.9. The lowest BCUT2D eigenvalue weighted by Crippen LogP contribution is -2.29. The first-order chi connectivity index (χ1) is 10.6. The van der Waals surface area contributed by atoms with E-state index < -0.39 is 11.8 Å². The van der Waals surface area contributed by atoms with Crippen LogP contribution in [0.2, 0.25) is 5.02 Å². The predicted molar refractivity (Wildman–Crippen MR) is 82.1 cm³/mol. The minimum Gasteiger partial charge on any atom is -0.493 e. The quantitative estimate of drug-likeness (QED) is 0.816. The highest BCUT2D eigenvalue weighted by Gasteiger charge is 2.40. The molecule has 0 spiro atoms. The molecule has 1 aliphatic rings. The van der Waals surface area contributed by atoms with Crippen molar-refractivity contribution in [1.29, 1.82) is 0 Å². The second kappa shape index (κ2) is 5.35. The molecule has 112 valence electrons. The van der Waals surface area contributed by atoms with Crippen LogP contribution in [-0.2, 0) is 0 Å². The van der Waals surface area contributed by atoms with E-state index in [1.165, 1.54) is 14.2 Å². The Labute approximate surface area is 132 Å². The maximum Gasteiger partial charge on any atom is 0.270 e. The number of fused-ring (bicyclic) bond motifs is 1. The second-order valence-corrected chi connectivity index (χ2v) is 5.08. The standard InChI is InChI=1S/C16H12ClNO4/c1-21-12-8-7-11-13(14(12)22-2)16(20)18(15(11)19)10-5-3-9(17)4-6-10/h3-8H,1-2H3. The number of ether oxygens (including phenoxy) is 2. The van der Waals surface area contributed by atoms with Crippen LogP contribution in [0.3, 0.4) is 0 Å². The van der Waals surface area contributed by atoms with Crippen molar-refractivity contribution in [2.45, 2.75) is 0 Å². The van der Waals surface area contributed by atoms with E-state index in [1.807, 2.05) is 0 Å². The van der Waals surface area contributed by atoms with Gasteiger partial charge in [-0.1, -0.05) is 11.6 Å². The number of imide groups is 1. The van der Waals surface area contributed by atoms with Gasteiger partial charge >= 0.3 is 0 Å². The van der Waals surface area contributed by atoms with Crippen molar-refractivity contribution in [3.8, 4) is 11.5 Å². The van der Waals surface area contributed by atoms with Gasteiger partial charge in [0, 0.05) is 5.02 Å². The molecule has 0 aliphatic carbocycles. The third kappa shape index (κ3) is 2.02. The van der Waals surface area contributed by atoms with Crippen molar-refractivity contribution in [3.05, 3.63) is 52.5 Å². The first-order valence-electron chi connectivity index (χ1n) is 6.47. The molecule has 0 bridgehead atoms. The Hall–Kier alpha value is -2.53. The van der Waals surface area contributed by atoms with E-state index in [2.05, 4.69) is 0 Å². The summed E-state index contributed by atoms with van der Waals surface area (Å²) in [6.45, 7) is 0. The Morgan fingerprint density at radius 3 is 2.18 bits per heavy atom. The third-order valence-corrected chi connectivity index (χ3v) is 3.73. The summed E-state index contributed by atoms with van der Waals surface area (Å²) in [6, 6.07) is 9.65. The van der Waals surface area contributed by atoms with Gasteiger partial charge in [-0.2, -0.15) is 0 Å². The van der Waals surface area contributed by atoms with Gasteiger partial charge in [0.15, 0.2) is 11.5 Å². The minimum atomic E-state index is -0.446. The average Bonchev–Trinajstić information content (AvgIpc) is 2.79. The van der Waals surface area contributed by atoms with E-state index in [0.717, 1.165) is 4.90 Å². The van der Waals surface area contributed by atoms with Crippen LogP contribution in [0.15, 0.2) is 36.4 Å². The van der Waals surface area contributed by atoms with E-state index in [0.29, 0.717) is 16.5 Å². The van der Waals surface area contributed by atoms with E-state index in [-0.39, 0.29) is 16.9 Å². The van der Waals surface area contributed by atoms with Gasteiger partial charge in [-0.15, -0.1) is 0 Å². The number of methoxy groups -OCH3 is 2. The Kier molecular flexibility index (Phi) is 3.50. The van der Waals surface area contributed by atoms with E-state index >= 15 is 0 Å². The van der Waals surface area contributed by atoms with Crippen LogP contribution < -0.4 is 14.4 Å². The summed E-state index contributed by atoms with van der Waals surface area (Å²) < 4.78 is 10.4. The van der Waals surface area contributed by atoms with Crippen molar-refractivity contribution in [2.75, 3.05) is 19.1 Å². The van der Waals surface area contributed by atoms with E-state index in [9.17, 15) is 9.59 Å². The lowest BCUT2D eigenvalue weighted by molar-refractivity contribution is 0.0925. The lowest BCUT2D eigenvalue weighted by Gasteiger charge is -2.14. The van der Waals surface area contributed by atoms with E-state index in [1.54, 1.807) is 36.4 Å². The lowest BCUT2D eigenvalue weighted by atomic mass is 10.1. The molecule has 0 N–H and O–H groups in total. The third-order valence-electron chi connectivity index (χ3n) is 3.48. The largest absolute Gasteiger partial charge is 0.493 e. The van der Waals surface area contributed by atoms with Gasteiger partial charge in [0.2, 0.25) is 0 Å². The fourth-order valence-electron chi connectivity index (χ4n) is 2.47. The highest BCUT2D eigenvalue weighted by atomic mass is 35.5. The molecule has 0 atom stereocenters. The maximum absolute atomic E-state index is 12.7. The summed E-state index contributed by atoms with van der Waals surface area (Å²) in [5, 5.41) is 0.527. The Bertz CT molecular complexity index is 770. The van der Waals surface area contributed by atoms with Crippen molar-refractivity contribution in [2.24, 2.45) is 0 Å². The van der Waals surface area contributed by atoms with Gasteiger partial charge < -0.3 is 9.47 Å². The number of nitrogens with zero attached hydrogens (tertiary/aromatic N) is 1. The number of hydrogen-bond donors (Lipinski definition) is 0. The highest BCUT2D eigenvalue weighted by molar-refractivity contribution is 6.35. The summed E-state index contributed by atoms with van der Waals surface area (Å²) in [5.41, 5.74) is 0.955. The zero-order chi connectivity index (χ0) is 15.9. The monoisotopic (exact) mass is 317 g/mol. The Morgan fingerprint density at radius 1 is 0.909 bits per heavy atom. The van der Waals surface area contributed by atoms with Gasteiger partial charge in [0.25, 0.3) is 11.8 Å². The normalized spacial score (nSPS) is 13.3. The summed E-state index contributed by atoms with van der Waals surface area (Å²) in [7, 11) is 2.91. The van der Waals surface area contributed by atoms with Crippen LogP contribution in [0.25, 0.3) is 0 Å². The van der Waals surface area contributed by atoms with Crippen LogP contribution in [0.5, 0.6) is 11.5 Å². The average molecular weight is 318 g/mol. The number of hydrogen-bond acceptors (Lipinski definition) is 4. The molecule has 2 aromatic carbocycles. The van der Waals surface area contributed by atoms with Crippen molar-refractivity contribution >= 4 is 29.1 Å². The SMILES string of the molecule is COc1ccc2c(c1OC)C(=O)N(c1ccc(Cl)cc1)C2=O. The van der Waals surface area contributed by atoms with Crippen LogP contribution in [0, 0.1) is 0 Å². The molecular weight excluding hydrogens is 306 g/mol. The first kappa shape index (κ1) is 14.4. The summed E-state index contributed by atoms with van der Waals surface area (Å²) in [4.78, 5) is 26.3. The number of rotatable bonds is 3. The van der Waals surface area contributed by atoms with Crippen molar-refractivity contribution < 1.29 is 19.1 Å². The van der Waals surface area contributed by atoms with Crippen LogP contribution >= 0.6 is 11.6 Å². The molecule has 5 nitrogen and oxygen atoms in total. The second-order valence-electron chi connectivity index (χ2n) is 4.65. The molecule has 3 rings (SSSR count). The van der Waals surface area contributed by atoms with Crippen molar-refractivity contribution in [1.82, 2.24) is 0 Å². The Morgan fingerprint density at radius 2 is 1.59 bits per heavy atom. The van der Waals surface area contributed by atoms with Gasteiger partial charge in [0.05, 0.1) is 31.0 Å². The number of carbonyl (C=O) groups excluding carboxylic acids is 2. The summed E-state index contributed by atoms with van der Waals surface area (Å²) in [5.74, 6) is -0.184. The fourth-order valence-corrected chi connectivity index (χ4v) is 2.59. The number of anilines is 1. The molecule has 2 amide bonds. The molecule has 1 heterocycles. The number of benzene rings is 2. The smallest absolute Gasteiger partial charge is 0.270 e. The van der Waals surface area contributed by atoms with Gasteiger partial charge in [-0.05, 0) is 36.4 Å². The minimum absolute atomic E-state index is 0.210. The molecule has 0 unspecified atom stereocenters. The highest BCUT2D eigenvalue weighted by Crippen LogP contribution is 2.39. The van der Waals surface area contributed by atoms with E-state index in [4.69, 9.17) is 21.1 Å². The van der Waals surface area contributed by atoms with Crippen LogP contribution in [-0.4, -0.2) is 26.0 Å². The van der Waals surface area contributed by atoms with Crippen molar-refractivity contribution in [3.63, 3.8) is 0 Å². The molecule has 1 aliphatic heterocycles. The zero-order valence-corrected chi connectivity index (χ0v) is 12.7. The molecule has 0 fully saturated rings. The summed E-state index contributed by atoms with van der Waals surface area (Å²) >= 11 is 5.84. The predicted octanol–water partition coefficient (Wildman–Crippen LogP) is 3.16. The van der Waals surface area contributed by atoms with Gasteiger partial charge in [-0.3, -0.25) is 9.59 Å². The maximum atomic E-state index is 12.7. The molecule has 2 aromatic rings. The topological polar surface area (TPSA) is 55.8 Å². The fraction of sp³-hybridized carbons (Fsp3) is 0.125. The van der Waals surface area contributed by atoms with Crippen LogP contribution in [0.1, 0.15) is 20.7 Å². The molecule has 6 heteroatoms. The number of carbonyl (C=O) groups is 2. The number of halogens is 1. The summed E-state index contributed by atoms with van der Waals surface area (Å²) in [6.07, 6.45) is 0. The van der Waals surface area contributed by atoms with Gasteiger partial charge in [-0.25, -0.2) is 4.90 Å². The van der Waals surface area contributed by atoms with Gasteiger partial charge in [0.1, 0.15) is 0 Å². The molecule has 22 heavy (non-hydrogen) atoms. The van der Waals surface area contributed by atoms with Crippen LogP contribution in [0.4, 0.5) is 5.69 Å². The molecular formula is C16H12ClNO4. The molecule has 0 saturated carbocycles. The first-order valence-corrected chi connectivity index (χ1v) is 6.85. The molecule has 0 saturated heterocycles.